The zero-order chi connectivity index (χ0) is 13.9. The summed E-state index contributed by atoms with van der Waals surface area (Å²) in [5.41, 5.74) is 3.48. The van der Waals surface area contributed by atoms with E-state index >= 15 is 0 Å². The van der Waals surface area contributed by atoms with E-state index in [-0.39, 0.29) is 5.91 Å². The van der Waals surface area contributed by atoms with Gasteiger partial charge in [-0.25, -0.2) is 0 Å². The highest BCUT2D eigenvalue weighted by Gasteiger charge is 2.06. The van der Waals surface area contributed by atoms with Crippen molar-refractivity contribution < 1.29 is 9.53 Å². The molecule has 0 saturated carbocycles. The molecule has 0 unspecified atom stereocenters. The van der Waals surface area contributed by atoms with Gasteiger partial charge in [0, 0.05) is 26.0 Å². The van der Waals surface area contributed by atoms with Gasteiger partial charge in [-0.1, -0.05) is 13.3 Å². The van der Waals surface area contributed by atoms with Gasteiger partial charge in [0.05, 0.1) is 5.69 Å². The Kier molecular flexibility index (Phi) is 7.53. The van der Waals surface area contributed by atoms with Crippen molar-refractivity contribution in [2.75, 3.05) is 25.2 Å². The van der Waals surface area contributed by atoms with Gasteiger partial charge in [0.1, 0.15) is 5.69 Å². The maximum atomic E-state index is 11.8. The first-order chi connectivity index (χ1) is 9.27. The van der Waals surface area contributed by atoms with Crippen LogP contribution >= 0.6 is 0 Å². The van der Waals surface area contributed by atoms with E-state index in [0.717, 1.165) is 25.9 Å². The number of nitrogens with zero attached hydrogens (tertiary/aromatic N) is 1. The molecule has 6 heteroatoms. The lowest BCUT2D eigenvalue weighted by atomic mass is 10.3. The molecule has 0 atom stereocenters. The number of nitrogen functional groups attached to an aromatic ring is 1. The number of aromatic nitrogens is 1. The minimum absolute atomic E-state index is 0.203. The Bertz CT molecular complexity index is 385. The van der Waals surface area contributed by atoms with Crippen molar-refractivity contribution in [3.8, 4) is 0 Å². The van der Waals surface area contributed by atoms with Crippen molar-refractivity contribution in [3.05, 3.63) is 24.0 Å². The summed E-state index contributed by atoms with van der Waals surface area (Å²) >= 11 is 0. The molecule has 6 nitrogen and oxygen atoms in total. The Morgan fingerprint density at radius 3 is 2.95 bits per heavy atom. The number of ether oxygens (including phenoxy) is 1. The Balaban J connectivity index is 2.20. The molecule has 0 aliphatic carbocycles. The maximum Gasteiger partial charge on any atom is 0.269 e. The van der Waals surface area contributed by atoms with Crippen molar-refractivity contribution in [3.63, 3.8) is 0 Å². The molecule has 0 spiro atoms. The van der Waals surface area contributed by atoms with Crippen molar-refractivity contribution in [2.45, 2.75) is 26.2 Å². The average Bonchev–Trinajstić information content (AvgIpc) is 2.46. The monoisotopic (exact) mass is 266 g/mol. The summed E-state index contributed by atoms with van der Waals surface area (Å²) in [6.45, 7) is 4.15. The summed E-state index contributed by atoms with van der Waals surface area (Å²) < 4.78 is 5.40. The number of hydrazine groups is 1. The van der Waals surface area contributed by atoms with Crippen molar-refractivity contribution >= 4 is 11.6 Å². The summed E-state index contributed by atoms with van der Waals surface area (Å²) in [5, 5.41) is 2.79. The molecular weight excluding hydrogens is 244 g/mol. The van der Waals surface area contributed by atoms with E-state index in [1.807, 2.05) is 0 Å². The molecule has 1 aromatic heterocycles. The highest BCUT2D eigenvalue weighted by atomic mass is 16.5. The second kappa shape index (κ2) is 9.29. The molecule has 4 N–H and O–H groups in total. The lowest BCUT2D eigenvalue weighted by Crippen LogP contribution is -2.26. The number of hydrogen-bond acceptors (Lipinski definition) is 5. The SMILES string of the molecule is CCCCOCCCNC(=O)c1cc(NN)ccn1. The predicted molar refractivity (Wildman–Crippen MR) is 74.7 cm³/mol. The minimum Gasteiger partial charge on any atom is -0.381 e. The Labute approximate surface area is 113 Å². The number of carbonyl (C=O) groups excluding carboxylic acids is 1. The van der Waals surface area contributed by atoms with Crippen molar-refractivity contribution in [1.29, 1.82) is 0 Å². The number of hydrogen-bond donors (Lipinski definition) is 3. The minimum atomic E-state index is -0.203. The van der Waals surface area contributed by atoms with Gasteiger partial charge in [-0.05, 0) is 25.0 Å². The zero-order valence-electron chi connectivity index (χ0n) is 11.3. The van der Waals surface area contributed by atoms with Gasteiger partial charge in [0.25, 0.3) is 5.91 Å². The van der Waals surface area contributed by atoms with Crippen LogP contribution in [-0.2, 0) is 4.74 Å². The summed E-state index contributed by atoms with van der Waals surface area (Å²) in [4.78, 5) is 15.8. The van der Waals surface area contributed by atoms with Crippen molar-refractivity contribution in [2.24, 2.45) is 5.84 Å². The van der Waals surface area contributed by atoms with Crippen LogP contribution in [0.25, 0.3) is 0 Å². The van der Waals surface area contributed by atoms with E-state index in [4.69, 9.17) is 10.6 Å². The van der Waals surface area contributed by atoms with Crippen LogP contribution in [0.1, 0.15) is 36.7 Å². The number of pyridine rings is 1. The Morgan fingerprint density at radius 2 is 2.21 bits per heavy atom. The number of rotatable bonds is 9. The van der Waals surface area contributed by atoms with Gasteiger partial charge in [0.2, 0.25) is 0 Å². The highest BCUT2D eigenvalue weighted by Crippen LogP contribution is 2.05. The largest absolute Gasteiger partial charge is 0.381 e. The molecule has 0 aliphatic heterocycles. The highest BCUT2D eigenvalue weighted by molar-refractivity contribution is 5.93. The second-order valence-corrected chi connectivity index (χ2v) is 4.15. The standard InChI is InChI=1S/C13H22N4O2/c1-2-3-8-19-9-4-6-16-13(18)12-10-11(17-14)5-7-15-12/h5,7,10H,2-4,6,8-9,14H2,1H3,(H,15,17)(H,16,18). The van der Waals surface area contributed by atoms with Gasteiger partial charge in [-0.15, -0.1) is 0 Å². The fourth-order valence-corrected chi connectivity index (χ4v) is 1.46. The van der Waals surface area contributed by atoms with Crippen LogP contribution in [0.15, 0.2) is 18.3 Å². The summed E-state index contributed by atoms with van der Waals surface area (Å²) in [6.07, 6.45) is 4.55. The number of nitrogens with one attached hydrogen (secondary N) is 2. The van der Waals surface area contributed by atoms with Crippen molar-refractivity contribution in [1.82, 2.24) is 10.3 Å². The third-order valence-electron chi connectivity index (χ3n) is 2.55. The molecule has 0 aliphatic rings. The Hall–Kier alpha value is -1.66. The quantitative estimate of drug-likeness (QED) is 0.356. The lowest BCUT2D eigenvalue weighted by molar-refractivity contribution is 0.0935. The maximum absolute atomic E-state index is 11.8. The molecule has 1 aromatic rings. The van der Waals surface area contributed by atoms with E-state index in [1.165, 1.54) is 6.20 Å². The number of nitrogens with two attached hydrogens (primary N) is 1. The summed E-state index contributed by atoms with van der Waals surface area (Å²) in [7, 11) is 0. The molecule has 19 heavy (non-hydrogen) atoms. The molecule has 1 heterocycles. The number of carbonyl (C=O) groups is 1. The van der Waals surface area contributed by atoms with Gasteiger partial charge < -0.3 is 15.5 Å². The topological polar surface area (TPSA) is 89.3 Å². The van der Waals surface area contributed by atoms with Crippen LogP contribution in [0.4, 0.5) is 5.69 Å². The van der Waals surface area contributed by atoms with E-state index in [1.54, 1.807) is 12.1 Å². The fourth-order valence-electron chi connectivity index (χ4n) is 1.46. The molecule has 106 valence electrons. The molecule has 0 fully saturated rings. The van der Waals surface area contributed by atoms with Crippen LogP contribution in [-0.4, -0.2) is 30.6 Å². The van der Waals surface area contributed by atoms with Crippen LogP contribution in [0, 0.1) is 0 Å². The third kappa shape index (κ3) is 6.17. The van der Waals surface area contributed by atoms with E-state index in [0.29, 0.717) is 24.5 Å². The Morgan fingerprint density at radius 1 is 1.42 bits per heavy atom. The predicted octanol–water partition coefficient (Wildman–Crippen LogP) is 1.30. The zero-order valence-corrected chi connectivity index (χ0v) is 11.3. The third-order valence-corrected chi connectivity index (χ3v) is 2.55. The molecule has 0 bridgehead atoms. The molecular formula is C13H22N4O2. The van der Waals surface area contributed by atoms with Gasteiger partial charge in [-0.2, -0.15) is 0 Å². The summed E-state index contributed by atoms with van der Waals surface area (Å²) in [6, 6.07) is 3.30. The molecule has 0 aromatic carbocycles. The van der Waals surface area contributed by atoms with Crippen LogP contribution < -0.4 is 16.6 Å². The number of unbranched alkanes of at least 4 members (excludes halogenated alkanes) is 1. The van der Waals surface area contributed by atoms with Crippen LogP contribution in [0.3, 0.4) is 0 Å². The normalized spacial score (nSPS) is 10.2. The lowest BCUT2D eigenvalue weighted by Gasteiger charge is -2.06. The van der Waals surface area contributed by atoms with Gasteiger partial charge >= 0.3 is 0 Å². The van der Waals surface area contributed by atoms with E-state index < -0.39 is 0 Å². The number of anilines is 1. The van der Waals surface area contributed by atoms with E-state index in [2.05, 4.69) is 22.7 Å². The second-order valence-electron chi connectivity index (χ2n) is 4.15. The van der Waals surface area contributed by atoms with Crippen LogP contribution in [0.2, 0.25) is 0 Å². The van der Waals surface area contributed by atoms with E-state index in [9.17, 15) is 4.79 Å². The van der Waals surface area contributed by atoms with Gasteiger partial charge in [-0.3, -0.25) is 15.6 Å². The summed E-state index contributed by atoms with van der Waals surface area (Å²) in [5.74, 6) is 5.07. The van der Waals surface area contributed by atoms with Crippen LogP contribution in [0.5, 0.6) is 0 Å². The number of amides is 1. The molecule has 1 rings (SSSR count). The fraction of sp³-hybridized carbons (Fsp3) is 0.538. The smallest absolute Gasteiger partial charge is 0.269 e. The van der Waals surface area contributed by atoms with Gasteiger partial charge in [0.15, 0.2) is 0 Å². The first-order valence-corrected chi connectivity index (χ1v) is 6.56. The first-order valence-electron chi connectivity index (χ1n) is 6.56. The first kappa shape index (κ1) is 15.4. The molecule has 0 radical (unpaired) electrons. The average molecular weight is 266 g/mol. The molecule has 1 amide bonds. The molecule has 0 saturated heterocycles.